The van der Waals surface area contributed by atoms with Gasteiger partial charge in [0.15, 0.2) is 7.67 Å². The van der Waals surface area contributed by atoms with Crippen LogP contribution < -0.4 is 18.9 Å². The number of hydrogen-bond acceptors (Lipinski definition) is 17. The lowest BCUT2D eigenvalue weighted by Gasteiger charge is -2.32. The molecule has 12 rings (SSSR count). The third-order valence-corrected chi connectivity index (χ3v) is 25.3. The maximum absolute atomic E-state index is 12.9. The SMILES string of the molecule is C.CB1OC(C)(C)C(C)(C)O1.CB1OC(C)(C)C(C)(C)O1.CC1(C)OB(B2OC(C)(C)C(C)(C)O2)OC1(C)C.COc1ccc(C(C)(C)c2ccc(Oc3ccc(S(=O)(=O)c4ccc(C)cc4)cc3)cc2)cc1.COc1ccc(C(C)(C)c2ccc(Oc3ccc(S(=O)(=O)c4ccc(C)cc4)cc3)cc2)cc1.FP=S. The van der Waals surface area contributed by atoms with E-state index in [1.54, 1.807) is 111 Å². The number of methoxy groups -OCH3 is 2. The molecule has 4 heterocycles. The lowest BCUT2D eigenvalue weighted by molar-refractivity contribution is 0.00578. The molecule has 8 aromatic rings. The molecule has 4 aliphatic heterocycles. The van der Waals surface area contributed by atoms with Crippen LogP contribution in [0, 0.1) is 13.8 Å². The second-order valence-electron chi connectivity index (χ2n) is 32.5. The molecule has 0 aromatic heterocycles. The van der Waals surface area contributed by atoms with Crippen LogP contribution in [0.4, 0.5) is 4.20 Å². The highest BCUT2D eigenvalue weighted by Crippen LogP contribution is 2.45. The number of aryl methyl sites for hydroxylation is 2. The molecule has 0 spiro atoms. The average Bonchev–Trinajstić information content (AvgIpc) is 1.60. The summed E-state index contributed by atoms with van der Waals surface area (Å²) in [7, 11) is -5.38. The Bertz CT molecular complexity index is 4180. The largest absolute Gasteiger partial charge is 0.497 e. The smallest absolute Gasteiger partial charge is 0.488 e. The van der Waals surface area contributed by atoms with Crippen molar-refractivity contribution < 1.29 is 77.2 Å². The van der Waals surface area contributed by atoms with Gasteiger partial charge in [0.2, 0.25) is 19.7 Å². The van der Waals surface area contributed by atoms with Crippen LogP contribution in [-0.4, -0.2) is 104 Å². The van der Waals surface area contributed by atoms with Gasteiger partial charge in [0.1, 0.15) is 34.5 Å². The van der Waals surface area contributed by atoms with E-state index in [2.05, 4.69) is 143 Å². The molecule has 0 amide bonds. The molecule has 25 heteroatoms. The highest BCUT2D eigenvalue weighted by Gasteiger charge is 2.64. The third kappa shape index (κ3) is 22.4. The predicted octanol–water partition coefficient (Wildman–Crippen LogP) is 21.5. The molecular formula is C85H114B4FO16PS3. The minimum atomic E-state index is -3.56. The van der Waals surface area contributed by atoms with Crippen LogP contribution in [0.25, 0.3) is 0 Å². The Morgan fingerprint density at radius 3 is 0.664 bits per heavy atom. The first-order valence-corrected chi connectivity index (χ1v) is 41.2. The summed E-state index contributed by atoms with van der Waals surface area (Å²) < 4.78 is 130. The van der Waals surface area contributed by atoms with Crippen LogP contribution in [0.3, 0.4) is 0 Å². The zero-order valence-electron chi connectivity index (χ0n) is 68.4. The first kappa shape index (κ1) is 92.1. The second-order valence-corrected chi connectivity index (χ2v) is 37.0. The molecule has 0 atom stereocenters. The van der Waals surface area contributed by atoms with E-state index >= 15 is 0 Å². The van der Waals surface area contributed by atoms with Crippen LogP contribution in [0.1, 0.15) is 179 Å². The van der Waals surface area contributed by atoms with Crippen molar-refractivity contribution in [2.24, 2.45) is 0 Å². The number of sulfone groups is 2. The summed E-state index contributed by atoms with van der Waals surface area (Å²) in [5.74, 6) is 4.18. The molecule has 0 bridgehead atoms. The van der Waals surface area contributed by atoms with E-state index in [-0.39, 0.29) is 96.9 Å². The summed E-state index contributed by atoms with van der Waals surface area (Å²) in [4.78, 5) is 1.03. The topological polar surface area (TPSA) is 179 Å². The molecule has 0 saturated carbocycles. The molecule has 110 heavy (non-hydrogen) atoms. The van der Waals surface area contributed by atoms with Gasteiger partial charge in [-0.2, -0.15) is 4.20 Å². The van der Waals surface area contributed by atoms with Crippen LogP contribution in [-0.2, 0) is 79.5 Å². The molecule has 4 fully saturated rings. The monoisotopic (exact) mass is 1580 g/mol. The Kier molecular flexibility index (Phi) is 30.3. The van der Waals surface area contributed by atoms with Gasteiger partial charge in [0, 0.05) is 10.8 Å². The van der Waals surface area contributed by atoms with E-state index in [0.29, 0.717) is 23.0 Å². The van der Waals surface area contributed by atoms with Crippen molar-refractivity contribution in [2.45, 2.75) is 249 Å². The molecule has 16 nitrogen and oxygen atoms in total. The van der Waals surface area contributed by atoms with Crippen LogP contribution >= 0.6 is 7.67 Å². The number of hydrogen-bond donors (Lipinski definition) is 0. The van der Waals surface area contributed by atoms with E-state index < -0.39 is 41.4 Å². The van der Waals surface area contributed by atoms with Crippen molar-refractivity contribution >= 4 is 67.4 Å². The van der Waals surface area contributed by atoms with Gasteiger partial charge in [-0.15, -0.1) is 0 Å². The fraction of sp³-hybridized carbons (Fsp3) is 0.435. The lowest BCUT2D eigenvalue weighted by Crippen LogP contribution is -2.41. The lowest BCUT2D eigenvalue weighted by atomic mass is 9.49. The normalized spacial score (nSPS) is 18.0. The fourth-order valence-electron chi connectivity index (χ4n) is 11.9. The van der Waals surface area contributed by atoms with E-state index in [9.17, 15) is 21.0 Å². The van der Waals surface area contributed by atoms with E-state index in [1.807, 2.05) is 131 Å². The van der Waals surface area contributed by atoms with Gasteiger partial charge < -0.3 is 56.2 Å². The first-order valence-electron chi connectivity index (χ1n) is 36.5. The first-order chi connectivity index (χ1) is 50.4. The van der Waals surface area contributed by atoms with E-state index in [4.69, 9.17) is 56.2 Å². The Balaban J connectivity index is 0.000000230. The van der Waals surface area contributed by atoms with Gasteiger partial charge in [-0.1, -0.05) is 119 Å². The van der Waals surface area contributed by atoms with Crippen molar-refractivity contribution in [1.29, 1.82) is 0 Å². The van der Waals surface area contributed by atoms with Gasteiger partial charge in [-0.3, -0.25) is 0 Å². The average molecular weight is 1580 g/mol. The minimum Gasteiger partial charge on any atom is -0.497 e. The zero-order valence-corrected chi connectivity index (χ0v) is 71.7. The molecule has 592 valence electrons. The van der Waals surface area contributed by atoms with E-state index in [0.717, 1.165) is 33.8 Å². The van der Waals surface area contributed by atoms with Crippen molar-refractivity contribution in [3.05, 3.63) is 228 Å². The highest BCUT2D eigenvalue weighted by atomic mass is 32.4. The van der Waals surface area contributed by atoms with Crippen LogP contribution in [0.2, 0.25) is 13.6 Å². The van der Waals surface area contributed by atoms with Gasteiger partial charge in [0.25, 0.3) is 0 Å². The summed E-state index contributed by atoms with van der Waals surface area (Å²) in [6.07, 6.45) is 0. The quantitative estimate of drug-likeness (QED) is 0.0698. The van der Waals surface area contributed by atoms with Gasteiger partial charge in [-0.25, -0.2) is 16.8 Å². The zero-order chi connectivity index (χ0) is 81.4. The Morgan fingerprint density at radius 2 is 0.491 bits per heavy atom. The molecule has 4 aliphatic rings. The molecule has 8 aromatic carbocycles. The highest BCUT2D eigenvalue weighted by molar-refractivity contribution is 7.94. The maximum Gasteiger partial charge on any atom is 0.488 e. The summed E-state index contributed by atoms with van der Waals surface area (Å²) in [5.41, 5.74) is 4.27. The van der Waals surface area contributed by atoms with E-state index in [1.165, 1.54) is 11.1 Å². The molecule has 0 unspecified atom stereocenters. The fourth-order valence-corrected chi connectivity index (χ4v) is 14.4. The molecule has 0 aliphatic carbocycles. The van der Waals surface area contributed by atoms with Gasteiger partial charge in [-0.05, 0) is 294 Å². The van der Waals surface area contributed by atoms with Crippen LogP contribution in [0.5, 0.6) is 34.5 Å². The molecule has 0 radical (unpaired) electrons. The van der Waals surface area contributed by atoms with Crippen molar-refractivity contribution in [3.63, 3.8) is 0 Å². The number of ether oxygens (including phenoxy) is 4. The minimum absolute atomic E-state index is 0. The van der Waals surface area contributed by atoms with Crippen molar-refractivity contribution in [1.82, 2.24) is 0 Å². The van der Waals surface area contributed by atoms with Crippen molar-refractivity contribution in [3.8, 4) is 34.5 Å². The second kappa shape index (κ2) is 36.2. The summed E-state index contributed by atoms with van der Waals surface area (Å²) >= 11 is 3.70. The van der Waals surface area contributed by atoms with Gasteiger partial charge >= 0.3 is 28.3 Å². The Morgan fingerprint density at radius 1 is 0.327 bits per heavy atom. The molecular weight excluding hydrogens is 1470 g/mol. The van der Waals surface area contributed by atoms with Crippen LogP contribution in [0.15, 0.2) is 214 Å². The van der Waals surface area contributed by atoms with Crippen molar-refractivity contribution in [2.75, 3.05) is 14.2 Å². The third-order valence-electron chi connectivity index (χ3n) is 21.7. The number of benzene rings is 8. The summed E-state index contributed by atoms with van der Waals surface area (Å²) in [6, 6.07) is 58.8. The Labute approximate surface area is 665 Å². The molecule has 4 saturated heterocycles. The number of halogens is 1. The molecule has 0 N–H and O–H groups in total. The number of rotatable bonds is 15. The maximum atomic E-state index is 12.9. The standard InChI is InChI=1S/2C29H28O4S.C12H24B2O4.2C7H15BO2.CH4.FPS/c2*1-21-5-17-27(18-6-21)34(30,31)28-19-15-26(16-20-28)33-25-13-9-23(10-14-25)29(2,3)22-7-11-24(32-4)12-8-22;1-9(2)10(3,4)16-13(15-9)14-17-11(5,6)12(7,8)18-14;2*1-6(2)7(3,4)10-8(5)9-6;;1-2-3/h2*5-20H,1-4H3;1-8H3;2*1-5H3;1H4;. The summed E-state index contributed by atoms with van der Waals surface area (Å²) in [5, 5.41) is 0. The van der Waals surface area contributed by atoms with Gasteiger partial charge in [0.05, 0.1) is 78.6 Å². The predicted molar refractivity (Wildman–Crippen MR) is 448 cm³/mol. The summed E-state index contributed by atoms with van der Waals surface area (Å²) in [6.45, 7) is 49.0. The Hall–Kier alpha value is -6.75.